The molecule has 0 aliphatic heterocycles. The molecule has 0 aliphatic carbocycles. The Morgan fingerprint density at radius 3 is 1.69 bits per heavy atom. The molecule has 0 aromatic rings. The van der Waals surface area contributed by atoms with E-state index in [9.17, 15) is 0 Å². The molecule has 0 saturated carbocycles. The normalized spacial score (nSPS) is 10.6. The summed E-state index contributed by atoms with van der Waals surface area (Å²) in [5.74, 6) is 0. The predicted molar refractivity (Wildman–Crippen MR) is 55.2 cm³/mol. The van der Waals surface area contributed by atoms with Crippen LogP contribution in [0.3, 0.4) is 0 Å². The molecule has 0 atom stereocenters. The van der Waals surface area contributed by atoms with E-state index in [1.165, 1.54) is 0 Å². The van der Waals surface area contributed by atoms with E-state index >= 15 is 0 Å². The Morgan fingerprint density at radius 2 is 1.46 bits per heavy atom. The lowest BCUT2D eigenvalue weighted by Gasteiger charge is -2.23. The molecule has 0 aromatic carbocycles. The zero-order valence-corrected chi connectivity index (χ0v) is 10.5. The summed E-state index contributed by atoms with van der Waals surface area (Å²) in [5.41, 5.74) is 5.36. The quantitative estimate of drug-likeness (QED) is 0.579. The molecule has 13 heavy (non-hydrogen) atoms. The fraction of sp³-hybridized carbons (Fsp3) is 1.00. The second-order valence-corrected chi connectivity index (χ2v) is 5.28. The number of hydrogen-bond acceptors (Lipinski definition) is 5. The Morgan fingerprint density at radius 1 is 1.08 bits per heavy atom. The average molecular weight is 223 g/mol. The van der Waals surface area contributed by atoms with E-state index in [0.717, 1.165) is 12.5 Å². The lowest BCUT2D eigenvalue weighted by molar-refractivity contribution is 0.123. The SMILES string of the molecule is CO[Si](CCCN)(OC)OC.N[Si]. The minimum atomic E-state index is -2.32. The third-order valence-electron chi connectivity index (χ3n) is 1.62. The second kappa shape index (κ2) is 10.3. The van der Waals surface area contributed by atoms with E-state index < -0.39 is 8.80 Å². The van der Waals surface area contributed by atoms with E-state index in [4.69, 9.17) is 19.0 Å². The molecule has 0 bridgehead atoms. The van der Waals surface area contributed by atoms with Crippen LogP contribution in [-0.2, 0) is 13.3 Å². The summed E-state index contributed by atoms with van der Waals surface area (Å²) >= 11 is 0. The lowest BCUT2D eigenvalue weighted by atomic mass is 10.5. The Labute approximate surface area is 84.6 Å². The molecule has 0 heterocycles. The summed E-state index contributed by atoms with van der Waals surface area (Å²) in [6.45, 7) is 0.644. The van der Waals surface area contributed by atoms with E-state index in [1.807, 2.05) is 0 Å². The minimum absolute atomic E-state index is 0.644. The second-order valence-electron chi connectivity index (χ2n) is 2.19. The van der Waals surface area contributed by atoms with E-state index in [2.05, 4.69) is 15.8 Å². The van der Waals surface area contributed by atoms with Gasteiger partial charge < -0.3 is 24.4 Å². The first-order valence-electron chi connectivity index (χ1n) is 3.89. The van der Waals surface area contributed by atoms with Gasteiger partial charge in [-0.1, -0.05) is 0 Å². The highest BCUT2D eigenvalue weighted by molar-refractivity contribution is 6.60. The Hall–Kier alpha value is 0.234. The maximum absolute atomic E-state index is 5.36. The van der Waals surface area contributed by atoms with Gasteiger partial charge in [0.15, 0.2) is 0 Å². The highest BCUT2D eigenvalue weighted by atomic mass is 28.4. The third-order valence-corrected chi connectivity index (χ3v) is 4.45. The lowest BCUT2D eigenvalue weighted by Crippen LogP contribution is -2.42. The summed E-state index contributed by atoms with van der Waals surface area (Å²) in [7, 11) is 4.97. The Kier molecular flexibility index (Phi) is 12.5. The van der Waals surface area contributed by atoms with Crippen LogP contribution in [0.15, 0.2) is 0 Å². The molecule has 3 radical (unpaired) electrons. The van der Waals surface area contributed by atoms with Crippen LogP contribution in [0.5, 0.6) is 0 Å². The predicted octanol–water partition coefficient (Wildman–Crippen LogP) is -0.758. The van der Waals surface area contributed by atoms with Crippen molar-refractivity contribution in [3.8, 4) is 0 Å². The van der Waals surface area contributed by atoms with Crippen molar-refractivity contribution in [2.45, 2.75) is 12.5 Å². The maximum Gasteiger partial charge on any atom is 0.500 e. The van der Waals surface area contributed by atoms with Crippen LogP contribution in [-0.4, -0.2) is 47.1 Å². The summed E-state index contributed by atoms with van der Waals surface area (Å²) in [6.07, 6.45) is 0.877. The van der Waals surface area contributed by atoms with Crippen LogP contribution in [0.25, 0.3) is 0 Å². The smallest absolute Gasteiger partial charge is 0.377 e. The number of hydrogen-bond donors (Lipinski definition) is 2. The Balaban J connectivity index is 0. The zero-order valence-electron chi connectivity index (χ0n) is 8.50. The van der Waals surface area contributed by atoms with Crippen molar-refractivity contribution in [1.82, 2.24) is 0 Å². The van der Waals surface area contributed by atoms with Crippen molar-refractivity contribution < 1.29 is 13.3 Å². The molecule has 7 heteroatoms. The first-order valence-corrected chi connectivity index (χ1v) is 6.40. The van der Waals surface area contributed by atoms with Crippen LogP contribution in [0.4, 0.5) is 0 Å². The van der Waals surface area contributed by atoms with Crippen molar-refractivity contribution in [1.29, 1.82) is 0 Å². The fourth-order valence-corrected chi connectivity index (χ4v) is 2.62. The van der Waals surface area contributed by atoms with E-state index in [-0.39, 0.29) is 0 Å². The number of rotatable bonds is 6. The molecular weight excluding hydrogens is 204 g/mol. The fourth-order valence-electron chi connectivity index (χ4n) is 0.875. The average Bonchev–Trinajstić information content (AvgIpc) is 2.24. The molecule has 0 spiro atoms. The number of nitrogens with two attached hydrogens (primary N) is 2. The molecule has 0 aromatic heterocycles. The molecule has 0 amide bonds. The molecule has 0 saturated heterocycles. The summed E-state index contributed by atoms with van der Waals surface area (Å²) in [6, 6.07) is 0.785. The molecule has 0 aliphatic rings. The summed E-state index contributed by atoms with van der Waals surface area (Å²) in [4.78, 5) is 0. The van der Waals surface area contributed by atoms with Crippen LogP contribution in [0.1, 0.15) is 6.42 Å². The summed E-state index contributed by atoms with van der Waals surface area (Å²) in [5, 5.41) is 4.31. The van der Waals surface area contributed by atoms with Gasteiger partial charge in [0.05, 0.1) is 0 Å². The highest BCUT2D eigenvalue weighted by Gasteiger charge is 2.36. The van der Waals surface area contributed by atoms with Crippen molar-refractivity contribution >= 4 is 19.2 Å². The molecule has 79 valence electrons. The summed E-state index contributed by atoms with van der Waals surface area (Å²) < 4.78 is 15.5. The van der Waals surface area contributed by atoms with Crippen LogP contribution in [0.2, 0.25) is 6.04 Å². The minimum Gasteiger partial charge on any atom is -0.377 e. The molecule has 0 fully saturated rings. The Bertz CT molecular complexity index is 95.6. The maximum atomic E-state index is 5.36. The van der Waals surface area contributed by atoms with Gasteiger partial charge in [0, 0.05) is 27.4 Å². The van der Waals surface area contributed by atoms with Crippen LogP contribution >= 0.6 is 0 Å². The standard InChI is InChI=1S/C6H17NO3Si.H2NSi/c1-8-11(9-2,10-3)6-4-5-7;1-2/h4-7H2,1-3H3;1H2. The molecular formula is C6H19N2O3Si2. The van der Waals surface area contributed by atoms with Crippen LogP contribution in [0, 0.1) is 0 Å². The van der Waals surface area contributed by atoms with Crippen molar-refractivity contribution in [2.75, 3.05) is 27.9 Å². The van der Waals surface area contributed by atoms with Gasteiger partial charge >= 0.3 is 8.80 Å². The van der Waals surface area contributed by atoms with Crippen molar-refractivity contribution in [3.63, 3.8) is 0 Å². The zero-order chi connectivity index (χ0) is 10.7. The van der Waals surface area contributed by atoms with Gasteiger partial charge in [-0.05, 0) is 13.0 Å². The van der Waals surface area contributed by atoms with E-state index in [1.54, 1.807) is 21.3 Å². The first kappa shape index (κ1) is 15.7. The van der Waals surface area contributed by atoms with Gasteiger partial charge in [0.1, 0.15) is 10.4 Å². The van der Waals surface area contributed by atoms with Gasteiger partial charge in [-0.25, -0.2) is 0 Å². The van der Waals surface area contributed by atoms with Gasteiger partial charge in [-0.2, -0.15) is 0 Å². The van der Waals surface area contributed by atoms with Gasteiger partial charge in [0.25, 0.3) is 0 Å². The third kappa shape index (κ3) is 6.32. The molecule has 0 rings (SSSR count). The van der Waals surface area contributed by atoms with Gasteiger partial charge in [-0.15, -0.1) is 0 Å². The monoisotopic (exact) mass is 223 g/mol. The molecule has 0 unspecified atom stereocenters. The van der Waals surface area contributed by atoms with Crippen molar-refractivity contribution in [3.05, 3.63) is 0 Å². The highest BCUT2D eigenvalue weighted by Crippen LogP contribution is 2.13. The molecule has 4 N–H and O–H groups in total. The first-order chi connectivity index (χ1) is 6.24. The van der Waals surface area contributed by atoms with Gasteiger partial charge in [0.2, 0.25) is 0 Å². The van der Waals surface area contributed by atoms with Gasteiger partial charge in [-0.3, -0.25) is 0 Å². The van der Waals surface area contributed by atoms with E-state index in [0.29, 0.717) is 6.54 Å². The molecule has 5 nitrogen and oxygen atoms in total. The van der Waals surface area contributed by atoms with Crippen molar-refractivity contribution in [2.24, 2.45) is 11.1 Å². The largest absolute Gasteiger partial charge is 0.500 e. The van der Waals surface area contributed by atoms with Crippen LogP contribution < -0.4 is 11.1 Å². The topological polar surface area (TPSA) is 79.7 Å².